The lowest BCUT2D eigenvalue weighted by atomic mass is 10.4. The van der Waals surface area contributed by atoms with E-state index in [0.29, 0.717) is 0 Å². The van der Waals surface area contributed by atoms with Gasteiger partial charge in [0.2, 0.25) is 0 Å². The first-order chi connectivity index (χ1) is 7.83. The van der Waals surface area contributed by atoms with Crippen LogP contribution in [0.2, 0.25) is 0 Å². The third-order valence-corrected chi connectivity index (χ3v) is 2.15. The maximum absolute atomic E-state index is 4.93. The molecular weight excluding hydrogens is 206 g/mol. The van der Waals surface area contributed by atoms with Gasteiger partial charge in [-0.25, -0.2) is 0 Å². The van der Waals surface area contributed by atoms with E-state index in [4.69, 9.17) is 4.74 Å². The minimum Gasteiger partial charge on any atom is -0.383 e. The second-order valence-corrected chi connectivity index (χ2v) is 3.66. The number of rotatable bonds is 9. The summed E-state index contributed by atoms with van der Waals surface area (Å²) in [7, 11) is 3.58. The van der Waals surface area contributed by atoms with Crippen molar-refractivity contribution >= 4 is 0 Å². The fourth-order valence-corrected chi connectivity index (χ4v) is 1.33. The molecule has 0 aliphatic heterocycles. The predicted octanol–water partition coefficient (Wildman–Crippen LogP) is -0.469. The number of hydrogen-bond acceptors (Lipinski definition) is 5. The summed E-state index contributed by atoms with van der Waals surface area (Å²) in [5.41, 5.74) is 0.981. The highest BCUT2D eigenvalue weighted by atomic mass is 16.5. The quantitative estimate of drug-likeness (QED) is 0.558. The van der Waals surface area contributed by atoms with Crippen LogP contribution >= 0.6 is 0 Å². The Morgan fingerprint density at radius 2 is 2.12 bits per heavy atom. The normalized spacial score (nSPS) is 10.9. The van der Waals surface area contributed by atoms with Gasteiger partial charge in [0.25, 0.3) is 0 Å². The van der Waals surface area contributed by atoms with Crippen molar-refractivity contribution in [3.8, 4) is 0 Å². The molecule has 0 amide bonds. The standard InChI is InChI=1S/C10H21N5O/c1-15-9-10(13-14-15)8-12-5-3-4-11-6-7-16-2/h9,11-12H,3-8H2,1-2H3. The zero-order valence-electron chi connectivity index (χ0n) is 10.1. The van der Waals surface area contributed by atoms with Crippen LogP contribution < -0.4 is 10.6 Å². The summed E-state index contributed by atoms with van der Waals surface area (Å²) in [4.78, 5) is 0. The maximum atomic E-state index is 4.93. The predicted molar refractivity (Wildman–Crippen MR) is 62.1 cm³/mol. The molecule has 0 saturated heterocycles. The second kappa shape index (κ2) is 8.20. The van der Waals surface area contributed by atoms with E-state index in [1.54, 1.807) is 11.8 Å². The van der Waals surface area contributed by atoms with Crippen molar-refractivity contribution in [2.24, 2.45) is 7.05 Å². The van der Waals surface area contributed by atoms with Gasteiger partial charge in [-0.2, -0.15) is 0 Å². The minimum absolute atomic E-state index is 0.771. The number of nitrogens with one attached hydrogen (secondary N) is 2. The highest BCUT2D eigenvalue weighted by Gasteiger charge is 1.96. The van der Waals surface area contributed by atoms with Gasteiger partial charge in [-0.1, -0.05) is 5.21 Å². The van der Waals surface area contributed by atoms with Crippen molar-refractivity contribution in [3.63, 3.8) is 0 Å². The lowest BCUT2D eigenvalue weighted by molar-refractivity contribution is 0.199. The molecule has 0 spiro atoms. The van der Waals surface area contributed by atoms with Crippen molar-refractivity contribution in [1.82, 2.24) is 25.6 Å². The molecule has 0 radical (unpaired) electrons. The van der Waals surface area contributed by atoms with Gasteiger partial charge in [0, 0.05) is 33.4 Å². The molecule has 1 aromatic rings. The van der Waals surface area contributed by atoms with E-state index in [-0.39, 0.29) is 0 Å². The molecule has 2 N–H and O–H groups in total. The van der Waals surface area contributed by atoms with E-state index >= 15 is 0 Å². The van der Waals surface area contributed by atoms with Gasteiger partial charge in [0.05, 0.1) is 12.3 Å². The molecule has 1 rings (SSSR count). The molecule has 1 aromatic heterocycles. The van der Waals surface area contributed by atoms with Gasteiger partial charge in [0.1, 0.15) is 0 Å². The van der Waals surface area contributed by atoms with Crippen molar-refractivity contribution in [2.75, 3.05) is 33.4 Å². The summed E-state index contributed by atoms with van der Waals surface area (Å²) in [6.45, 7) is 4.47. The van der Waals surface area contributed by atoms with E-state index in [0.717, 1.165) is 44.9 Å². The average molecular weight is 227 g/mol. The molecule has 0 aliphatic carbocycles. The van der Waals surface area contributed by atoms with Crippen molar-refractivity contribution < 1.29 is 4.74 Å². The summed E-state index contributed by atoms with van der Waals surface area (Å²) < 4.78 is 6.65. The van der Waals surface area contributed by atoms with E-state index in [9.17, 15) is 0 Å². The van der Waals surface area contributed by atoms with Gasteiger partial charge in [-0.15, -0.1) is 5.10 Å². The first-order valence-electron chi connectivity index (χ1n) is 5.58. The summed E-state index contributed by atoms with van der Waals surface area (Å²) in [6, 6.07) is 0. The highest BCUT2D eigenvalue weighted by molar-refractivity contribution is 4.90. The van der Waals surface area contributed by atoms with Crippen LogP contribution in [0.5, 0.6) is 0 Å². The number of methoxy groups -OCH3 is 1. The smallest absolute Gasteiger partial charge is 0.0964 e. The number of hydrogen-bond donors (Lipinski definition) is 2. The minimum atomic E-state index is 0.771. The Labute approximate surface area is 96.4 Å². The molecule has 0 aromatic carbocycles. The van der Waals surface area contributed by atoms with Gasteiger partial charge in [0.15, 0.2) is 0 Å². The SMILES string of the molecule is COCCNCCCNCc1cn(C)nn1. The van der Waals surface area contributed by atoms with Crippen LogP contribution in [0.4, 0.5) is 0 Å². The lowest BCUT2D eigenvalue weighted by Gasteiger charge is -2.04. The van der Waals surface area contributed by atoms with E-state index in [1.807, 2.05) is 13.2 Å². The Morgan fingerprint density at radius 1 is 1.31 bits per heavy atom. The van der Waals surface area contributed by atoms with Crippen molar-refractivity contribution in [1.29, 1.82) is 0 Å². The molecule has 0 fully saturated rings. The zero-order valence-corrected chi connectivity index (χ0v) is 10.1. The third-order valence-electron chi connectivity index (χ3n) is 2.15. The number of aryl methyl sites for hydroxylation is 1. The molecule has 0 saturated carbocycles. The Morgan fingerprint density at radius 3 is 2.81 bits per heavy atom. The van der Waals surface area contributed by atoms with Gasteiger partial charge in [-0.05, 0) is 19.5 Å². The Balaban J connectivity index is 1.88. The van der Waals surface area contributed by atoms with Gasteiger partial charge < -0.3 is 15.4 Å². The fourth-order valence-electron chi connectivity index (χ4n) is 1.33. The van der Waals surface area contributed by atoms with Crippen molar-refractivity contribution in [3.05, 3.63) is 11.9 Å². The number of nitrogens with zero attached hydrogens (tertiary/aromatic N) is 3. The molecule has 0 atom stereocenters. The highest BCUT2D eigenvalue weighted by Crippen LogP contribution is 1.89. The molecule has 0 unspecified atom stereocenters. The lowest BCUT2D eigenvalue weighted by Crippen LogP contribution is -2.24. The van der Waals surface area contributed by atoms with E-state index in [1.165, 1.54) is 0 Å². The van der Waals surface area contributed by atoms with Crippen LogP contribution in [-0.2, 0) is 18.3 Å². The number of ether oxygens (including phenoxy) is 1. The molecule has 1 heterocycles. The van der Waals surface area contributed by atoms with Gasteiger partial charge >= 0.3 is 0 Å². The molecule has 0 bridgehead atoms. The first kappa shape index (κ1) is 13.1. The third kappa shape index (κ3) is 5.79. The summed E-state index contributed by atoms with van der Waals surface area (Å²) in [5, 5.41) is 14.5. The second-order valence-electron chi connectivity index (χ2n) is 3.66. The fraction of sp³-hybridized carbons (Fsp3) is 0.800. The van der Waals surface area contributed by atoms with Crippen LogP contribution in [0.1, 0.15) is 12.1 Å². The van der Waals surface area contributed by atoms with E-state index < -0.39 is 0 Å². The Kier molecular flexibility index (Phi) is 6.71. The molecule has 6 nitrogen and oxygen atoms in total. The Hall–Kier alpha value is -0.980. The van der Waals surface area contributed by atoms with Crippen LogP contribution in [0.3, 0.4) is 0 Å². The monoisotopic (exact) mass is 227 g/mol. The number of aromatic nitrogens is 3. The summed E-state index contributed by atoms with van der Waals surface area (Å²) in [5.74, 6) is 0. The summed E-state index contributed by atoms with van der Waals surface area (Å²) in [6.07, 6.45) is 3.02. The largest absolute Gasteiger partial charge is 0.383 e. The molecule has 92 valence electrons. The topological polar surface area (TPSA) is 64.0 Å². The van der Waals surface area contributed by atoms with Crippen LogP contribution in [0, 0.1) is 0 Å². The maximum Gasteiger partial charge on any atom is 0.0964 e. The molecule has 0 aliphatic rings. The van der Waals surface area contributed by atoms with Gasteiger partial charge in [-0.3, -0.25) is 4.68 Å². The summed E-state index contributed by atoms with van der Waals surface area (Å²) >= 11 is 0. The molecule has 16 heavy (non-hydrogen) atoms. The van der Waals surface area contributed by atoms with Crippen molar-refractivity contribution in [2.45, 2.75) is 13.0 Å². The molecular formula is C10H21N5O. The van der Waals surface area contributed by atoms with E-state index in [2.05, 4.69) is 20.9 Å². The van der Waals surface area contributed by atoms with Crippen LogP contribution in [0.15, 0.2) is 6.20 Å². The van der Waals surface area contributed by atoms with Crippen LogP contribution in [-0.4, -0.2) is 48.3 Å². The zero-order chi connectivity index (χ0) is 11.6. The first-order valence-corrected chi connectivity index (χ1v) is 5.58. The average Bonchev–Trinajstić information content (AvgIpc) is 2.68. The Bertz CT molecular complexity index is 276. The molecule has 6 heteroatoms. The van der Waals surface area contributed by atoms with Crippen LogP contribution in [0.25, 0.3) is 0 Å².